The van der Waals surface area contributed by atoms with Crippen molar-refractivity contribution in [3.05, 3.63) is 59.7 Å². The topological polar surface area (TPSA) is 108 Å². The Bertz CT molecular complexity index is 873. The molecule has 142 valence electrons. The quantitative estimate of drug-likeness (QED) is 0.717. The van der Waals surface area contributed by atoms with E-state index in [1.165, 1.54) is 19.1 Å². The van der Waals surface area contributed by atoms with Crippen LogP contribution in [0.25, 0.3) is 0 Å². The highest BCUT2D eigenvalue weighted by molar-refractivity contribution is 5.96. The largest absolute Gasteiger partial charge is 0.481 e. The van der Waals surface area contributed by atoms with E-state index < -0.39 is 42.1 Å². The van der Waals surface area contributed by atoms with Crippen LogP contribution in [0.15, 0.2) is 42.5 Å². The summed E-state index contributed by atoms with van der Waals surface area (Å²) < 4.78 is 36.1. The fourth-order valence-corrected chi connectivity index (χ4v) is 2.04. The van der Waals surface area contributed by atoms with Crippen molar-refractivity contribution in [2.24, 2.45) is 5.73 Å². The number of esters is 1. The monoisotopic (exact) mass is 378 g/mol. The van der Waals surface area contributed by atoms with E-state index in [2.05, 4.69) is 5.32 Å². The van der Waals surface area contributed by atoms with Gasteiger partial charge < -0.3 is 20.5 Å². The molecule has 7 nitrogen and oxygen atoms in total. The molecule has 0 aliphatic carbocycles. The zero-order chi connectivity index (χ0) is 20.0. The smallest absolute Gasteiger partial charge is 0.344 e. The van der Waals surface area contributed by atoms with Crippen LogP contribution in [-0.2, 0) is 14.3 Å². The van der Waals surface area contributed by atoms with Crippen molar-refractivity contribution in [2.45, 2.75) is 13.0 Å². The predicted molar refractivity (Wildman–Crippen MR) is 91.0 cm³/mol. The number of benzene rings is 2. The van der Waals surface area contributed by atoms with E-state index in [1.807, 2.05) is 0 Å². The Morgan fingerprint density at radius 3 is 2.48 bits per heavy atom. The Balaban J connectivity index is 1.88. The van der Waals surface area contributed by atoms with Crippen LogP contribution in [0.4, 0.5) is 14.5 Å². The first kappa shape index (κ1) is 19.8. The lowest BCUT2D eigenvalue weighted by Gasteiger charge is -2.14. The van der Waals surface area contributed by atoms with E-state index in [-0.39, 0.29) is 17.0 Å². The molecule has 0 heterocycles. The molecular weight excluding hydrogens is 362 g/mol. The summed E-state index contributed by atoms with van der Waals surface area (Å²) in [6, 6.07) is 8.86. The summed E-state index contributed by atoms with van der Waals surface area (Å²) >= 11 is 0. The first-order valence-electron chi connectivity index (χ1n) is 7.75. The highest BCUT2D eigenvalue weighted by atomic mass is 19.2. The molecule has 0 aliphatic rings. The van der Waals surface area contributed by atoms with Gasteiger partial charge in [-0.3, -0.25) is 9.59 Å². The van der Waals surface area contributed by atoms with Gasteiger partial charge in [-0.25, -0.2) is 13.6 Å². The molecule has 0 bridgehead atoms. The lowest BCUT2D eigenvalue weighted by atomic mass is 10.2. The number of halogens is 2. The Morgan fingerprint density at radius 2 is 1.81 bits per heavy atom. The molecule has 0 saturated carbocycles. The number of amides is 2. The number of primary amides is 1. The second-order valence-corrected chi connectivity index (χ2v) is 5.40. The van der Waals surface area contributed by atoms with Crippen LogP contribution in [0.5, 0.6) is 5.75 Å². The van der Waals surface area contributed by atoms with Crippen LogP contribution in [-0.4, -0.2) is 30.5 Å². The lowest BCUT2D eigenvalue weighted by Crippen LogP contribution is -2.31. The first-order chi connectivity index (χ1) is 12.8. The Kier molecular flexibility index (Phi) is 6.42. The highest BCUT2D eigenvalue weighted by Crippen LogP contribution is 2.17. The van der Waals surface area contributed by atoms with Crippen LogP contribution in [0, 0.1) is 11.6 Å². The number of ether oxygens (including phenoxy) is 2. The lowest BCUT2D eigenvalue weighted by molar-refractivity contribution is -0.155. The summed E-state index contributed by atoms with van der Waals surface area (Å²) in [5, 5.41) is 2.29. The number of nitrogens with two attached hydrogens (primary N) is 1. The Labute approximate surface area is 153 Å². The summed E-state index contributed by atoms with van der Waals surface area (Å²) in [4.78, 5) is 35.0. The van der Waals surface area contributed by atoms with Crippen molar-refractivity contribution in [2.75, 3.05) is 11.9 Å². The number of carbonyl (C=O) groups excluding carboxylic acids is 3. The highest BCUT2D eigenvalue weighted by Gasteiger charge is 2.19. The number of carbonyl (C=O) groups is 3. The molecule has 2 rings (SSSR count). The maximum Gasteiger partial charge on any atom is 0.344 e. The molecule has 2 aromatic carbocycles. The Hall–Kier alpha value is -3.49. The van der Waals surface area contributed by atoms with Crippen molar-refractivity contribution in [3.63, 3.8) is 0 Å². The molecule has 2 amide bonds. The van der Waals surface area contributed by atoms with Crippen molar-refractivity contribution >= 4 is 23.5 Å². The van der Waals surface area contributed by atoms with Crippen molar-refractivity contribution < 1.29 is 32.6 Å². The van der Waals surface area contributed by atoms with E-state index in [9.17, 15) is 23.2 Å². The Morgan fingerprint density at radius 1 is 1.11 bits per heavy atom. The zero-order valence-corrected chi connectivity index (χ0v) is 14.2. The van der Waals surface area contributed by atoms with Crippen LogP contribution < -0.4 is 15.8 Å². The van der Waals surface area contributed by atoms with Crippen molar-refractivity contribution in [1.82, 2.24) is 0 Å². The summed E-state index contributed by atoms with van der Waals surface area (Å²) in [7, 11) is 0. The van der Waals surface area contributed by atoms with Crippen LogP contribution in [0.1, 0.15) is 17.3 Å². The van der Waals surface area contributed by atoms with Gasteiger partial charge in [-0.05, 0) is 31.2 Å². The number of hydrogen-bond acceptors (Lipinski definition) is 5. The van der Waals surface area contributed by atoms with E-state index in [0.717, 1.165) is 18.2 Å². The van der Waals surface area contributed by atoms with Crippen LogP contribution in [0.3, 0.4) is 0 Å². The number of para-hydroxylation sites is 1. The molecule has 0 spiro atoms. The normalized spacial score (nSPS) is 11.4. The van der Waals surface area contributed by atoms with Gasteiger partial charge in [-0.15, -0.1) is 0 Å². The summed E-state index contributed by atoms with van der Waals surface area (Å²) in [5.41, 5.74) is 5.30. The summed E-state index contributed by atoms with van der Waals surface area (Å²) in [6.45, 7) is 0.734. The minimum Gasteiger partial charge on any atom is -0.481 e. The molecule has 3 N–H and O–H groups in total. The molecule has 0 aliphatic heterocycles. The molecular formula is C18H16F2N2O5. The molecule has 1 atom stereocenters. The fourth-order valence-electron chi connectivity index (χ4n) is 2.04. The molecule has 0 saturated heterocycles. The van der Waals surface area contributed by atoms with E-state index >= 15 is 0 Å². The molecule has 0 radical (unpaired) electrons. The second kappa shape index (κ2) is 8.75. The minimum absolute atomic E-state index is 0.00781. The van der Waals surface area contributed by atoms with Gasteiger partial charge >= 0.3 is 5.97 Å². The van der Waals surface area contributed by atoms with Gasteiger partial charge in [0.25, 0.3) is 11.8 Å². The van der Waals surface area contributed by atoms with E-state index in [0.29, 0.717) is 0 Å². The van der Waals surface area contributed by atoms with Gasteiger partial charge in [0, 0.05) is 11.8 Å². The van der Waals surface area contributed by atoms with Gasteiger partial charge in [-0.1, -0.05) is 12.1 Å². The zero-order valence-electron chi connectivity index (χ0n) is 14.2. The molecule has 0 unspecified atom stereocenters. The average molecular weight is 378 g/mol. The van der Waals surface area contributed by atoms with Gasteiger partial charge in [0.2, 0.25) is 0 Å². The van der Waals surface area contributed by atoms with Crippen LogP contribution in [0.2, 0.25) is 0 Å². The third kappa shape index (κ3) is 5.50. The van der Waals surface area contributed by atoms with E-state index in [1.54, 1.807) is 12.1 Å². The van der Waals surface area contributed by atoms with Gasteiger partial charge in [0.1, 0.15) is 5.75 Å². The maximum absolute atomic E-state index is 13.1. The molecule has 0 aromatic heterocycles. The van der Waals surface area contributed by atoms with E-state index in [4.69, 9.17) is 15.2 Å². The van der Waals surface area contributed by atoms with Crippen molar-refractivity contribution in [1.29, 1.82) is 0 Å². The second-order valence-electron chi connectivity index (χ2n) is 5.40. The SMILES string of the molecule is C[C@H](OC(=O)COc1ccccc1C(N)=O)C(=O)Nc1ccc(F)c(F)c1. The number of anilines is 1. The minimum atomic E-state index is -1.22. The predicted octanol–water partition coefficient (Wildman–Crippen LogP) is 2.01. The molecule has 27 heavy (non-hydrogen) atoms. The molecule has 0 fully saturated rings. The van der Waals surface area contributed by atoms with Gasteiger partial charge in [0.05, 0.1) is 5.56 Å². The molecule has 9 heteroatoms. The third-order valence-electron chi connectivity index (χ3n) is 3.36. The van der Waals surface area contributed by atoms with Crippen LogP contribution >= 0.6 is 0 Å². The summed E-state index contributed by atoms with van der Waals surface area (Å²) in [5.74, 6) is -4.42. The summed E-state index contributed by atoms with van der Waals surface area (Å²) in [6.07, 6.45) is -1.22. The maximum atomic E-state index is 13.1. The number of rotatable bonds is 7. The first-order valence-corrected chi connectivity index (χ1v) is 7.75. The van der Waals surface area contributed by atoms with Gasteiger partial charge in [-0.2, -0.15) is 0 Å². The average Bonchev–Trinajstić information content (AvgIpc) is 2.63. The standard InChI is InChI=1S/C18H16F2N2O5/c1-10(18(25)22-11-6-7-13(19)14(20)8-11)27-16(23)9-26-15-5-3-2-4-12(15)17(21)24/h2-8,10H,9H2,1H3,(H2,21,24)(H,22,25)/t10-/m0/s1. The van der Waals surface area contributed by atoms with Crippen molar-refractivity contribution in [3.8, 4) is 5.75 Å². The number of hydrogen-bond donors (Lipinski definition) is 2. The molecule has 2 aromatic rings. The third-order valence-corrected chi connectivity index (χ3v) is 3.36. The van der Waals surface area contributed by atoms with Gasteiger partial charge in [0.15, 0.2) is 24.3 Å². The number of nitrogens with one attached hydrogen (secondary N) is 1. The fraction of sp³-hybridized carbons (Fsp3) is 0.167.